The normalized spacial score (nSPS) is 18.4. The Kier molecular flexibility index (Phi) is 3.75. The third kappa shape index (κ3) is 2.32. The Bertz CT molecular complexity index is 790. The fourth-order valence-electron chi connectivity index (χ4n) is 2.84. The molecule has 1 amide bonds. The summed E-state index contributed by atoms with van der Waals surface area (Å²) in [5.74, 6) is 2.85. The first kappa shape index (κ1) is 14.8. The van der Waals surface area contributed by atoms with E-state index in [1.807, 2.05) is 18.7 Å². The molecule has 0 aliphatic carbocycles. The summed E-state index contributed by atoms with van der Waals surface area (Å²) in [6.45, 7) is 5.18. The number of fused-ring (bicyclic) bond motifs is 1. The average molecular weight is 314 g/mol. The number of terminal acetylenes is 1. The van der Waals surface area contributed by atoms with Crippen molar-refractivity contribution in [1.82, 2.24) is 15.1 Å². The minimum atomic E-state index is -0.0440. The molecule has 1 aliphatic heterocycles. The van der Waals surface area contributed by atoms with E-state index in [4.69, 9.17) is 12.2 Å². The maximum Gasteiger partial charge on any atom is 0.266 e. The van der Waals surface area contributed by atoms with Crippen LogP contribution in [0.3, 0.4) is 0 Å². The molecule has 1 saturated heterocycles. The number of rotatable bonds is 1. The summed E-state index contributed by atoms with van der Waals surface area (Å²) in [4.78, 5) is 15.9. The highest BCUT2D eigenvalue weighted by Crippen LogP contribution is 2.36. The largest absolute Gasteiger partial charge is 0.397 e. The second-order valence-corrected chi connectivity index (χ2v) is 6.69. The molecule has 0 aromatic carbocycles. The summed E-state index contributed by atoms with van der Waals surface area (Å²) in [6.07, 6.45) is 7.42. The molecule has 114 valence electrons. The number of nitrogens with two attached hydrogens (primary N) is 1. The molecule has 2 aromatic heterocycles. The number of piperidine rings is 1. The number of nitrogen functional groups attached to an aromatic ring is 1. The van der Waals surface area contributed by atoms with Crippen LogP contribution in [0.15, 0.2) is 0 Å². The predicted molar refractivity (Wildman–Crippen MR) is 88.8 cm³/mol. The Morgan fingerprint density at radius 3 is 2.95 bits per heavy atom. The Labute approximate surface area is 133 Å². The molecule has 0 spiro atoms. The number of likely N-dealkylation sites (tertiary alicyclic amines) is 1. The van der Waals surface area contributed by atoms with Gasteiger partial charge in [-0.1, -0.05) is 0 Å². The molecule has 0 radical (unpaired) electrons. The highest BCUT2D eigenvalue weighted by Gasteiger charge is 2.27. The van der Waals surface area contributed by atoms with Gasteiger partial charge in [-0.05, 0) is 32.3 Å². The number of nitrogens with zero attached hydrogens (tertiary/aromatic N) is 3. The van der Waals surface area contributed by atoms with Crippen molar-refractivity contribution in [1.29, 1.82) is 0 Å². The van der Waals surface area contributed by atoms with E-state index >= 15 is 0 Å². The van der Waals surface area contributed by atoms with Crippen LogP contribution in [0.2, 0.25) is 0 Å². The van der Waals surface area contributed by atoms with Crippen molar-refractivity contribution in [3.8, 4) is 12.3 Å². The van der Waals surface area contributed by atoms with Gasteiger partial charge >= 0.3 is 0 Å². The van der Waals surface area contributed by atoms with E-state index in [9.17, 15) is 4.79 Å². The van der Waals surface area contributed by atoms with Crippen LogP contribution in [-0.4, -0.2) is 34.1 Å². The maximum absolute atomic E-state index is 12.8. The van der Waals surface area contributed by atoms with E-state index in [1.165, 1.54) is 11.3 Å². The summed E-state index contributed by atoms with van der Waals surface area (Å²) < 4.78 is 0. The lowest BCUT2D eigenvalue weighted by Crippen LogP contribution is -2.39. The minimum Gasteiger partial charge on any atom is -0.397 e. The van der Waals surface area contributed by atoms with Gasteiger partial charge in [0.2, 0.25) is 0 Å². The van der Waals surface area contributed by atoms with E-state index in [2.05, 4.69) is 16.1 Å². The fraction of sp³-hybridized carbons (Fsp3) is 0.438. The monoisotopic (exact) mass is 314 g/mol. The highest BCUT2D eigenvalue weighted by molar-refractivity contribution is 7.21. The number of aryl methyl sites for hydroxylation is 2. The Morgan fingerprint density at radius 2 is 2.23 bits per heavy atom. The molecule has 0 saturated carbocycles. The van der Waals surface area contributed by atoms with Gasteiger partial charge in [0.1, 0.15) is 9.71 Å². The number of aromatic nitrogens is 2. The zero-order valence-electron chi connectivity index (χ0n) is 12.7. The third-order valence-electron chi connectivity index (χ3n) is 4.27. The first-order valence-electron chi connectivity index (χ1n) is 7.30. The number of hydrogen-bond donors (Lipinski definition) is 1. The number of amides is 1. The average Bonchev–Trinajstić information content (AvgIpc) is 2.88. The Hall–Kier alpha value is -2.13. The van der Waals surface area contributed by atoms with Gasteiger partial charge in [-0.2, -0.15) is 5.10 Å². The van der Waals surface area contributed by atoms with Gasteiger partial charge < -0.3 is 10.6 Å². The van der Waals surface area contributed by atoms with E-state index in [-0.39, 0.29) is 11.8 Å². The lowest BCUT2D eigenvalue weighted by atomic mass is 9.99. The smallest absolute Gasteiger partial charge is 0.266 e. The van der Waals surface area contributed by atoms with Crippen LogP contribution in [0.25, 0.3) is 10.2 Å². The number of carbonyl (C=O) groups is 1. The minimum absolute atomic E-state index is 0.0440. The quantitative estimate of drug-likeness (QED) is 0.820. The third-order valence-corrected chi connectivity index (χ3v) is 5.35. The van der Waals surface area contributed by atoms with Crippen molar-refractivity contribution in [2.24, 2.45) is 5.92 Å². The van der Waals surface area contributed by atoms with Crippen molar-refractivity contribution >= 4 is 33.1 Å². The molecule has 3 heterocycles. The molecule has 3 rings (SSSR count). The zero-order valence-corrected chi connectivity index (χ0v) is 13.5. The van der Waals surface area contributed by atoms with E-state index in [1.54, 1.807) is 0 Å². The highest BCUT2D eigenvalue weighted by atomic mass is 32.1. The van der Waals surface area contributed by atoms with Crippen LogP contribution in [0.1, 0.15) is 33.8 Å². The number of hydrogen-bond acceptors (Lipinski definition) is 5. The Balaban J connectivity index is 2.00. The van der Waals surface area contributed by atoms with Gasteiger partial charge in [-0.25, -0.2) is 0 Å². The predicted octanol–water partition coefficient (Wildman–Crippen LogP) is 2.38. The molecule has 1 unspecified atom stereocenters. The van der Waals surface area contributed by atoms with E-state index in [0.717, 1.165) is 40.9 Å². The molecule has 6 heteroatoms. The van der Waals surface area contributed by atoms with Crippen LogP contribution in [0.5, 0.6) is 0 Å². The molecule has 2 aromatic rings. The van der Waals surface area contributed by atoms with Gasteiger partial charge in [-0.15, -0.1) is 28.8 Å². The van der Waals surface area contributed by atoms with Crippen molar-refractivity contribution < 1.29 is 4.79 Å². The number of carbonyl (C=O) groups excluding carboxylic acids is 1. The van der Waals surface area contributed by atoms with Crippen molar-refractivity contribution in [2.75, 3.05) is 18.8 Å². The molecule has 1 fully saturated rings. The van der Waals surface area contributed by atoms with Crippen LogP contribution in [0.4, 0.5) is 5.69 Å². The van der Waals surface area contributed by atoms with Gasteiger partial charge in [0, 0.05) is 24.4 Å². The first-order chi connectivity index (χ1) is 10.5. The second kappa shape index (κ2) is 5.58. The van der Waals surface area contributed by atoms with Crippen LogP contribution in [0, 0.1) is 32.1 Å². The molecule has 2 N–H and O–H groups in total. The topological polar surface area (TPSA) is 72.1 Å². The van der Waals surface area contributed by atoms with Crippen molar-refractivity contribution in [3.63, 3.8) is 0 Å². The summed E-state index contributed by atoms with van der Waals surface area (Å²) in [7, 11) is 0. The number of thiophene rings is 1. The van der Waals surface area contributed by atoms with Gasteiger partial charge in [-0.3, -0.25) is 4.79 Å². The molecular formula is C16H18N4OS. The van der Waals surface area contributed by atoms with Gasteiger partial charge in [0.05, 0.1) is 11.4 Å². The van der Waals surface area contributed by atoms with E-state index < -0.39 is 0 Å². The lowest BCUT2D eigenvalue weighted by Gasteiger charge is -2.30. The summed E-state index contributed by atoms with van der Waals surface area (Å²) in [5, 5.41) is 9.13. The number of anilines is 1. The zero-order chi connectivity index (χ0) is 15.9. The molecule has 22 heavy (non-hydrogen) atoms. The lowest BCUT2D eigenvalue weighted by molar-refractivity contribution is 0.0705. The van der Waals surface area contributed by atoms with Gasteiger partial charge in [0.25, 0.3) is 5.91 Å². The standard InChI is InChI=1S/C16H18N4OS/c1-4-11-6-5-7-20(8-11)16(21)14-13(17)12-9(2)10(3)18-19-15(12)22-14/h1,11H,5-8,17H2,2-3H3. The molecule has 5 nitrogen and oxygen atoms in total. The Morgan fingerprint density at radius 1 is 1.45 bits per heavy atom. The second-order valence-electron chi connectivity index (χ2n) is 5.69. The molecular weight excluding hydrogens is 296 g/mol. The van der Waals surface area contributed by atoms with E-state index in [0.29, 0.717) is 17.1 Å². The summed E-state index contributed by atoms with van der Waals surface area (Å²) in [5.41, 5.74) is 8.57. The maximum atomic E-state index is 12.8. The SMILES string of the molecule is C#CC1CCCN(C(=O)c2sc3nnc(C)c(C)c3c2N)C1. The fourth-order valence-corrected chi connectivity index (χ4v) is 3.91. The van der Waals surface area contributed by atoms with Crippen LogP contribution >= 0.6 is 11.3 Å². The molecule has 1 aliphatic rings. The van der Waals surface area contributed by atoms with Crippen molar-refractivity contribution in [3.05, 3.63) is 16.1 Å². The molecule has 1 atom stereocenters. The van der Waals surface area contributed by atoms with Gasteiger partial charge in [0.15, 0.2) is 0 Å². The summed E-state index contributed by atoms with van der Waals surface area (Å²) in [6, 6.07) is 0. The summed E-state index contributed by atoms with van der Waals surface area (Å²) >= 11 is 1.32. The molecule has 0 bridgehead atoms. The first-order valence-corrected chi connectivity index (χ1v) is 8.11. The van der Waals surface area contributed by atoms with Crippen LogP contribution in [-0.2, 0) is 0 Å². The van der Waals surface area contributed by atoms with Crippen molar-refractivity contribution in [2.45, 2.75) is 26.7 Å². The van der Waals surface area contributed by atoms with Crippen LogP contribution < -0.4 is 5.73 Å².